The molecule has 1 heterocycles. The van der Waals surface area contributed by atoms with Crippen LogP contribution in [0.5, 0.6) is 0 Å². The fourth-order valence-corrected chi connectivity index (χ4v) is 1.29. The molecule has 1 aliphatic rings. The second-order valence-corrected chi connectivity index (χ2v) is 2.96. The van der Waals surface area contributed by atoms with E-state index in [4.69, 9.17) is 0 Å². The zero-order valence-electron chi connectivity index (χ0n) is 6.82. The van der Waals surface area contributed by atoms with Crippen molar-refractivity contribution in [2.75, 3.05) is 0 Å². The Balaban J connectivity index is 2.79. The topological polar surface area (TPSA) is 29.4 Å². The highest BCUT2D eigenvalue weighted by Crippen LogP contribution is 2.00. The number of amides is 1. The van der Waals surface area contributed by atoms with Crippen molar-refractivity contribution < 1.29 is 4.79 Å². The summed E-state index contributed by atoms with van der Waals surface area (Å²) in [5, 5.41) is 1.85. The summed E-state index contributed by atoms with van der Waals surface area (Å²) < 4.78 is 0. The molecule has 0 radical (unpaired) electrons. The van der Waals surface area contributed by atoms with Crippen molar-refractivity contribution in [1.29, 1.82) is 0 Å². The van der Waals surface area contributed by atoms with Gasteiger partial charge in [0.2, 0.25) is 0 Å². The van der Waals surface area contributed by atoms with E-state index < -0.39 is 0 Å². The van der Waals surface area contributed by atoms with Crippen LogP contribution in [0, 0.1) is 5.92 Å². The molecule has 1 aromatic carbocycles. The van der Waals surface area contributed by atoms with Gasteiger partial charge in [0, 0.05) is 0 Å². The number of fused-ring (bicyclic) bond motifs is 1. The second kappa shape index (κ2) is 2.55. The summed E-state index contributed by atoms with van der Waals surface area (Å²) in [5.74, 6) is -0.117. The molecule has 1 unspecified atom stereocenters. The first kappa shape index (κ1) is 7.22. The van der Waals surface area contributed by atoms with Gasteiger partial charge >= 0.3 is 0 Å². The number of hydrogen-bond acceptors (Lipinski definition) is 1. The lowest BCUT2D eigenvalue weighted by Crippen LogP contribution is -2.32. The molecule has 2 nitrogen and oxygen atoms in total. The van der Waals surface area contributed by atoms with Gasteiger partial charge in [-0.05, 0) is 18.2 Å². The van der Waals surface area contributed by atoms with Crippen molar-refractivity contribution >= 4 is 12.0 Å². The predicted molar refractivity (Wildman–Crippen MR) is 45.9 cm³/mol. The third-order valence-electron chi connectivity index (χ3n) is 1.99. The van der Waals surface area contributed by atoms with Crippen LogP contribution in [0.2, 0.25) is 0 Å². The zero-order chi connectivity index (χ0) is 8.55. The minimum Gasteiger partial charge on any atom is -0.272 e. The van der Waals surface area contributed by atoms with Crippen molar-refractivity contribution in [1.82, 2.24) is 0 Å². The average molecular weight is 159 g/mol. The minimum atomic E-state index is -0.0695. The number of carbonyl (C=O) groups is 1. The highest BCUT2D eigenvalue weighted by molar-refractivity contribution is 5.85. The highest BCUT2D eigenvalue weighted by Gasteiger charge is 2.11. The van der Waals surface area contributed by atoms with Crippen molar-refractivity contribution in [2.24, 2.45) is 10.9 Å². The number of hydrogen-bond donors (Lipinski definition) is 0. The van der Waals surface area contributed by atoms with Gasteiger partial charge in [-0.25, -0.2) is 4.99 Å². The van der Waals surface area contributed by atoms with Crippen LogP contribution in [0.15, 0.2) is 29.3 Å². The molecule has 1 atom stereocenters. The first-order valence-corrected chi connectivity index (χ1v) is 3.97. The molecule has 0 saturated heterocycles. The maximum atomic E-state index is 11.2. The summed E-state index contributed by atoms with van der Waals surface area (Å²) in [5.41, 5.74) is 0. The van der Waals surface area contributed by atoms with Crippen molar-refractivity contribution in [2.45, 2.75) is 6.92 Å². The smallest absolute Gasteiger partial charge is 0.252 e. The van der Waals surface area contributed by atoms with Gasteiger partial charge in [0.15, 0.2) is 0 Å². The Bertz CT molecular complexity index is 433. The Morgan fingerprint density at radius 3 is 2.92 bits per heavy atom. The SMILES string of the molecule is CC1C=c2ccccc2=NC1=O. The Kier molecular flexibility index (Phi) is 1.54. The fraction of sp³-hybridized carbons (Fsp3) is 0.200. The van der Waals surface area contributed by atoms with Crippen molar-refractivity contribution in [3.05, 3.63) is 34.8 Å². The summed E-state index contributed by atoms with van der Waals surface area (Å²) in [7, 11) is 0. The van der Waals surface area contributed by atoms with Gasteiger partial charge < -0.3 is 0 Å². The van der Waals surface area contributed by atoms with E-state index in [2.05, 4.69) is 4.99 Å². The fourth-order valence-electron chi connectivity index (χ4n) is 1.29. The van der Waals surface area contributed by atoms with Crippen LogP contribution in [0.1, 0.15) is 6.92 Å². The van der Waals surface area contributed by atoms with E-state index in [-0.39, 0.29) is 11.8 Å². The van der Waals surface area contributed by atoms with E-state index in [0.29, 0.717) is 0 Å². The quantitative estimate of drug-likeness (QED) is 0.534. The summed E-state index contributed by atoms with van der Waals surface area (Å²) in [6.45, 7) is 1.86. The van der Waals surface area contributed by atoms with Crippen LogP contribution in [-0.4, -0.2) is 5.91 Å². The highest BCUT2D eigenvalue weighted by atomic mass is 16.1. The molecule has 60 valence electrons. The third-order valence-corrected chi connectivity index (χ3v) is 1.99. The Morgan fingerprint density at radius 1 is 1.33 bits per heavy atom. The second-order valence-electron chi connectivity index (χ2n) is 2.96. The molecular weight excluding hydrogens is 150 g/mol. The first-order chi connectivity index (χ1) is 5.77. The summed E-state index contributed by atoms with van der Waals surface area (Å²) >= 11 is 0. The van der Waals surface area contributed by atoms with Gasteiger partial charge in [-0.15, -0.1) is 0 Å². The van der Waals surface area contributed by atoms with Crippen LogP contribution in [0.25, 0.3) is 6.08 Å². The maximum Gasteiger partial charge on any atom is 0.252 e. The molecule has 0 fully saturated rings. The van der Waals surface area contributed by atoms with Gasteiger partial charge in [0.1, 0.15) is 0 Å². The largest absolute Gasteiger partial charge is 0.272 e. The van der Waals surface area contributed by atoms with E-state index in [1.54, 1.807) is 0 Å². The van der Waals surface area contributed by atoms with E-state index in [0.717, 1.165) is 10.6 Å². The molecule has 2 rings (SSSR count). The monoisotopic (exact) mass is 159 g/mol. The Hall–Kier alpha value is -1.44. The van der Waals surface area contributed by atoms with Gasteiger partial charge in [-0.1, -0.05) is 24.3 Å². The zero-order valence-corrected chi connectivity index (χ0v) is 6.82. The molecule has 1 aromatic rings. The number of para-hydroxylation sites is 1. The average Bonchev–Trinajstić information content (AvgIpc) is 2.07. The van der Waals surface area contributed by atoms with Crippen LogP contribution in [0.3, 0.4) is 0 Å². The van der Waals surface area contributed by atoms with Crippen LogP contribution in [-0.2, 0) is 4.79 Å². The normalized spacial score (nSPS) is 20.8. The van der Waals surface area contributed by atoms with Gasteiger partial charge in [0.05, 0.1) is 11.3 Å². The molecule has 2 heteroatoms. The standard InChI is InChI=1S/C10H9NO/c1-7-6-8-4-2-3-5-9(8)11-10(7)12/h2-7H,1H3. The van der Waals surface area contributed by atoms with E-state index in [1.807, 2.05) is 37.3 Å². The van der Waals surface area contributed by atoms with Gasteiger partial charge in [-0.3, -0.25) is 4.79 Å². The number of nitrogens with zero attached hydrogens (tertiary/aromatic N) is 1. The van der Waals surface area contributed by atoms with Crippen molar-refractivity contribution in [3.63, 3.8) is 0 Å². The molecule has 1 aliphatic heterocycles. The molecule has 0 spiro atoms. The minimum absolute atomic E-state index is 0.0475. The molecule has 12 heavy (non-hydrogen) atoms. The molecule has 0 aromatic heterocycles. The Labute approximate surface area is 70.3 Å². The van der Waals surface area contributed by atoms with Crippen LogP contribution in [0.4, 0.5) is 0 Å². The summed E-state index contributed by atoms with van der Waals surface area (Å²) in [4.78, 5) is 15.1. The van der Waals surface area contributed by atoms with E-state index in [1.165, 1.54) is 0 Å². The molecule has 1 amide bonds. The number of rotatable bonds is 0. The molecular formula is C10H9NO. The Morgan fingerprint density at radius 2 is 2.08 bits per heavy atom. The van der Waals surface area contributed by atoms with Gasteiger partial charge in [0.25, 0.3) is 5.91 Å². The maximum absolute atomic E-state index is 11.2. The molecule has 0 bridgehead atoms. The lowest BCUT2D eigenvalue weighted by molar-refractivity contribution is -0.119. The summed E-state index contributed by atoms with van der Waals surface area (Å²) in [6, 6.07) is 7.67. The van der Waals surface area contributed by atoms with Crippen LogP contribution >= 0.6 is 0 Å². The van der Waals surface area contributed by atoms with E-state index >= 15 is 0 Å². The number of carbonyl (C=O) groups excluding carboxylic acids is 1. The van der Waals surface area contributed by atoms with Crippen molar-refractivity contribution in [3.8, 4) is 0 Å². The van der Waals surface area contributed by atoms with Crippen LogP contribution < -0.4 is 10.6 Å². The predicted octanol–water partition coefficient (Wildman–Crippen LogP) is 0.263. The third kappa shape index (κ3) is 1.05. The van der Waals surface area contributed by atoms with Gasteiger partial charge in [-0.2, -0.15) is 0 Å². The lowest BCUT2D eigenvalue weighted by atomic mass is 10.1. The molecule has 0 aliphatic carbocycles. The first-order valence-electron chi connectivity index (χ1n) is 3.97. The summed E-state index contributed by atoms with van der Waals surface area (Å²) in [6.07, 6.45) is 1.95. The van der Waals surface area contributed by atoms with E-state index in [9.17, 15) is 4.79 Å². The number of benzene rings is 1. The lowest BCUT2D eigenvalue weighted by Gasteiger charge is -2.04. The molecule has 0 N–H and O–H groups in total. The molecule has 0 saturated carbocycles.